The summed E-state index contributed by atoms with van der Waals surface area (Å²) in [7, 11) is 1.60. The van der Waals surface area contributed by atoms with Crippen LogP contribution in [0.15, 0.2) is 52.2 Å². The molecular formula is C17H15N5O3S. The molecule has 0 bridgehead atoms. The number of rotatable bonds is 5. The normalized spacial score (nSPS) is 12.4. The van der Waals surface area contributed by atoms with Crippen LogP contribution in [0.5, 0.6) is 5.75 Å². The van der Waals surface area contributed by atoms with Crippen LogP contribution in [0.1, 0.15) is 17.6 Å². The van der Waals surface area contributed by atoms with Gasteiger partial charge < -0.3 is 14.3 Å². The molecule has 9 heteroatoms. The van der Waals surface area contributed by atoms with E-state index in [0.29, 0.717) is 33.7 Å². The zero-order valence-electron chi connectivity index (χ0n) is 14.0. The fraction of sp³-hybridized carbons (Fsp3) is 0.176. The molecule has 1 N–H and O–H groups in total. The molecule has 3 aromatic heterocycles. The Morgan fingerprint density at radius 2 is 2.12 bits per heavy atom. The van der Waals surface area contributed by atoms with E-state index in [2.05, 4.69) is 20.3 Å². The van der Waals surface area contributed by atoms with Gasteiger partial charge in [-0.1, -0.05) is 17.0 Å². The number of nitrogens with zero attached hydrogens (tertiary/aromatic N) is 5. The number of furan rings is 1. The molecule has 1 unspecified atom stereocenters. The molecule has 0 aliphatic rings. The van der Waals surface area contributed by atoms with Crippen molar-refractivity contribution in [2.45, 2.75) is 11.3 Å². The molecule has 3 heterocycles. The SMILES string of the molecule is COc1ccc2c(c1)nnn2-c1cc(C(O)c2ccco2)nc(SC)n1. The highest BCUT2D eigenvalue weighted by Crippen LogP contribution is 2.26. The number of fused-ring (bicyclic) bond motifs is 1. The van der Waals surface area contributed by atoms with E-state index in [1.807, 2.05) is 18.4 Å². The predicted octanol–water partition coefficient (Wildman–Crippen LogP) is 2.62. The second-order valence-electron chi connectivity index (χ2n) is 5.41. The van der Waals surface area contributed by atoms with Crippen LogP contribution in [0.4, 0.5) is 0 Å². The highest BCUT2D eigenvalue weighted by molar-refractivity contribution is 7.98. The fourth-order valence-corrected chi connectivity index (χ4v) is 2.94. The molecular weight excluding hydrogens is 354 g/mol. The molecule has 4 aromatic rings. The summed E-state index contributed by atoms with van der Waals surface area (Å²) in [6.07, 6.45) is 2.38. The average Bonchev–Trinajstić information content (AvgIpc) is 3.36. The minimum Gasteiger partial charge on any atom is -0.497 e. The summed E-state index contributed by atoms with van der Waals surface area (Å²) in [5.74, 6) is 1.62. The Kier molecular flexibility index (Phi) is 4.31. The number of thioether (sulfide) groups is 1. The summed E-state index contributed by atoms with van der Waals surface area (Å²) in [6, 6.07) is 10.6. The summed E-state index contributed by atoms with van der Waals surface area (Å²) in [4.78, 5) is 8.88. The third-order valence-corrected chi connectivity index (χ3v) is 4.40. The Morgan fingerprint density at radius 1 is 1.23 bits per heavy atom. The molecule has 1 atom stereocenters. The van der Waals surface area contributed by atoms with Crippen LogP contribution in [-0.2, 0) is 0 Å². The number of aliphatic hydroxyl groups excluding tert-OH is 1. The fourth-order valence-electron chi connectivity index (χ4n) is 2.56. The average molecular weight is 369 g/mol. The topological polar surface area (TPSA) is 99.1 Å². The van der Waals surface area contributed by atoms with E-state index in [-0.39, 0.29) is 0 Å². The molecule has 132 valence electrons. The standard InChI is InChI=1S/C17H15N5O3S/c1-24-10-5-6-13-11(8-10)20-21-22(13)15-9-12(18-17(19-15)26-2)16(23)14-4-3-7-25-14/h3-9,16,23H,1-2H3. The highest BCUT2D eigenvalue weighted by atomic mass is 32.2. The summed E-state index contributed by atoms with van der Waals surface area (Å²) >= 11 is 1.38. The van der Waals surface area contributed by atoms with Gasteiger partial charge >= 0.3 is 0 Å². The van der Waals surface area contributed by atoms with Gasteiger partial charge in [0, 0.05) is 12.1 Å². The highest BCUT2D eigenvalue weighted by Gasteiger charge is 2.19. The lowest BCUT2D eigenvalue weighted by Gasteiger charge is -2.11. The van der Waals surface area contributed by atoms with Gasteiger partial charge in [-0.15, -0.1) is 5.10 Å². The quantitative estimate of drug-likeness (QED) is 0.423. The van der Waals surface area contributed by atoms with E-state index in [9.17, 15) is 5.11 Å². The maximum atomic E-state index is 10.5. The van der Waals surface area contributed by atoms with Crippen molar-refractivity contribution < 1.29 is 14.3 Å². The largest absolute Gasteiger partial charge is 0.497 e. The Morgan fingerprint density at radius 3 is 2.85 bits per heavy atom. The number of hydrogen-bond donors (Lipinski definition) is 1. The van der Waals surface area contributed by atoms with Crippen LogP contribution in [0, 0.1) is 0 Å². The minimum absolute atomic E-state index is 0.412. The first-order chi connectivity index (χ1) is 12.7. The monoisotopic (exact) mass is 369 g/mol. The van der Waals surface area contributed by atoms with E-state index in [4.69, 9.17) is 9.15 Å². The Balaban J connectivity index is 1.83. The van der Waals surface area contributed by atoms with Crippen molar-refractivity contribution >= 4 is 22.8 Å². The molecule has 4 rings (SSSR count). The van der Waals surface area contributed by atoms with Crippen LogP contribution >= 0.6 is 11.8 Å². The van der Waals surface area contributed by atoms with Gasteiger partial charge in [-0.05, 0) is 30.5 Å². The number of methoxy groups -OCH3 is 1. The first-order valence-corrected chi connectivity index (χ1v) is 8.96. The lowest BCUT2D eigenvalue weighted by Crippen LogP contribution is -2.08. The van der Waals surface area contributed by atoms with Crippen LogP contribution in [0.25, 0.3) is 16.9 Å². The summed E-state index contributed by atoms with van der Waals surface area (Å²) < 4.78 is 12.1. The van der Waals surface area contributed by atoms with E-state index in [1.54, 1.807) is 36.1 Å². The molecule has 0 amide bonds. The molecule has 0 aliphatic heterocycles. The number of aromatic nitrogens is 5. The van der Waals surface area contributed by atoms with Crippen molar-refractivity contribution in [1.29, 1.82) is 0 Å². The Labute approximate surface area is 152 Å². The Bertz CT molecular complexity index is 1050. The molecule has 0 fully saturated rings. The lowest BCUT2D eigenvalue weighted by atomic mass is 10.2. The van der Waals surface area contributed by atoms with Gasteiger partial charge in [0.05, 0.1) is 24.6 Å². The number of aliphatic hydroxyl groups is 1. The van der Waals surface area contributed by atoms with E-state index < -0.39 is 6.10 Å². The third kappa shape index (κ3) is 2.91. The van der Waals surface area contributed by atoms with Crippen molar-refractivity contribution in [1.82, 2.24) is 25.0 Å². The summed E-state index contributed by atoms with van der Waals surface area (Å²) in [6.45, 7) is 0. The third-order valence-electron chi connectivity index (χ3n) is 3.86. The van der Waals surface area contributed by atoms with Crippen molar-refractivity contribution in [3.63, 3.8) is 0 Å². The van der Waals surface area contributed by atoms with E-state index >= 15 is 0 Å². The van der Waals surface area contributed by atoms with Crippen LogP contribution in [0.3, 0.4) is 0 Å². The molecule has 0 aliphatic carbocycles. The van der Waals surface area contributed by atoms with Crippen molar-refractivity contribution in [3.05, 3.63) is 54.1 Å². The molecule has 1 aromatic carbocycles. The van der Waals surface area contributed by atoms with E-state index in [1.165, 1.54) is 18.0 Å². The van der Waals surface area contributed by atoms with Gasteiger partial charge in [-0.3, -0.25) is 0 Å². The second-order valence-corrected chi connectivity index (χ2v) is 6.18. The Hall–Kier alpha value is -2.91. The maximum Gasteiger partial charge on any atom is 0.189 e. The molecule has 0 radical (unpaired) electrons. The first kappa shape index (κ1) is 16.6. The van der Waals surface area contributed by atoms with Crippen LogP contribution in [-0.4, -0.2) is 43.4 Å². The molecule has 8 nitrogen and oxygen atoms in total. The zero-order chi connectivity index (χ0) is 18.1. The number of hydrogen-bond acceptors (Lipinski definition) is 8. The molecule has 0 spiro atoms. The lowest BCUT2D eigenvalue weighted by molar-refractivity contribution is 0.184. The van der Waals surface area contributed by atoms with Gasteiger partial charge in [-0.2, -0.15) is 4.68 Å². The van der Waals surface area contributed by atoms with E-state index in [0.717, 1.165) is 5.52 Å². The van der Waals surface area contributed by atoms with Gasteiger partial charge in [0.1, 0.15) is 17.0 Å². The minimum atomic E-state index is -0.993. The van der Waals surface area contributed by atoms with Crippen LogP contribution < -0.4 is 4.74 Å². The zero-order valence-corrected chi connectivity index (χ0v) is 14.8. The van der Waals surface area contributed by atoms with Crippen LogP contribution in [0.2, 0.25) is 0 Å². The smallest absolute Gasteiger partial charge is 0.189 e. The predicted molar refractivity (Wildman–Crippen MR) is 95.6 cm³/mol. The number of ether oxygens (including phenoxy) is 1. The molecule has 0 saturated carbocycles. The van der Waals surface area contributed by atoms with Crippen molar-refractivity contribution in [3.8, 4) is 11.6 Å². The number of benzene rings is 1. The second kappa shape index (κ2) is 6.77. The summed E-state index contributed by atoms with van der Waals surface area (Å²) in [5, 5.41) is 19.4. The van der Waals surface area contributed by atoms with Crippen molar-refractivity contribution in [2.75, 3.05) is 13.4 Å². The maximum absolute atomic E-state index is 10.5. The molecule has 26 heavy (non-hydrogen) atoms. The van der Waals surface area contributed by atoms with Gasteiger partial charge in [0.2, 0.25) is 0 Å². The first-order valence-electron chi connectivity index (χ1n) is 7.74. The van der Waals surface area contributed by atoms with Gasteiger partial charge in [-0.25, -0.2) is 9.97 Å². The summed E-state index contributed by atoms with van der Waals surface area (Å²) in [5.41, 5.74) is 1.88. The van der Waals surface area contributed by atoms with Crippen molar-refractivity contribution in [2.24, 2.45) is 0 Å². The molecule has 0 saturated heterocycles. The van der Waals surface area contributed by atoms with Gasteiger partial charge in [0.25, 0.3) is 0 Å². The van der Waals surface area contributed by atoms with Gasteiger partial charge in [0.15, 0.2) is 17.1 Å².